The van der Waals surface area contributed by atoms with Gasteiger partial charge in [0.1, 0.15) is 5.69 Å². The Labute approximate surface area is 191 Å². The number of hydrogen-bond acceptors (Lipinski definition) is 3. The van der Waals surface area contributed by atoms with Crippen LogP contribution in [0.3, 0.4) is 0 Å². The molecular formula is C25H42N2O3S. The molecule has 6 heteroatoms. The zero-order chi connectivity index (χ0) is 23.4. The largest absolute Gasteiger partial charge is 0.461 e. The minimum Gasteiger partial charge on any atom is -0.461 e. The van der Waals surface area contributed by atoms with Crippen molar-refractivity contribution in [2.24, 2.45) is 0 Å². The van der Waals surface area contributed by atoms with E-state index in [-0.39, 0.29) is 16.8 Å². The van der Waals surface area contributed by atoms with Crippen molar-refractivity contribution in [3.05, 3.63) is 47.8 Å². The molecule has 0 aromatic carbocycles. The van der Waals surface area contributed by atoms with Crippen LogP contribution in [0.15, 0.2) is 25.3 Å². The molecule has 1 rings (SSSR count). The molecule has 2 atom stereocenters. The number of allylic oxidation sites excluding steroid dienone is 2. The lowest BCUT2D eigenvalue weighted by Gasteiger charge is -2.24. The second-order valence-electron chi connectivity index (χ2n) is 8.90. The van der Waals surface area contributed by atoms with Gasteiger partial charge < -0.3 is 9.72 Å². The van der Waals surface area contributed by atoms with Crippen molar-refractivity contribution in [1.29, 1.82) is 0 Å². The molecule has 2 unspecified atom stereocenters. The van der Waals surface area contributed by atoms with Gasteiger partial charge in [0.05, 0.1) is 28.4 Å². The Morgan fingerprint density at radius 2 is 1.77 bits per heavy atom. The first kappa shape index (κ1) is 27.4. The van der Waals surface area contributed by atoms with Crippen LogP contribution in [0.2, 0.25) is 0 Å². The lowest BCUT2D eigenvalue weighted by Crippen LogP contribution is -2.36. The lowest BCUT2D eigenvalue weighted by atomic mass is 9.98. The summed E-state index contributed by atoms with van der Waals surface area (Å²) in [6.45, 7) is 17.7. The Morgan fingerprint density at radius 3 is 2.32 bits per heavy atom. The lowest BCUT2D eigenvalue weighted by molar-refractivity contribution is 0.0518. The number of rotatable bonds is 15. The average Bonchev–Trinajstić information content (AvgIpc) is 3.03. The van der Waals surface area contributed by atoms with Crippen molar-refractivity contribution in [2.45, 2.75) is 96.8 Å². The molecule has 0 aliphatic rings. The van der Waals surface area contributed by atoms with Crippen LogP contribution < -0.4 is 4.72 Å². The third-order valence-corrected chi connectivity index (χ3v) is 6.90. The quantitative estimate of drug-likeness (QED) is 0.189. The number of carbonyl (C=O) groups is 1. The van der Waals surface area contributed by atoms with Crippen molar-refractivity contribution in [3.8, 4) is 0 Å². The number of hydrogen-bond donors (Lipinski definition) is 2. The minimum absolute atomic E-state index is 0.125. The summed E-state index contributed by atoms with van der Waals surface area (Å²) in [5.41, 5.74) is 3.55. The highest BCUT2D eigenvalue weighted by atomic mass is 32.2. The third kappa shape index (κ3) is 8.77. The van der Waals surface area contributed by atoms with Crippen LogP contribution in [0.25, 0.3) is 0 Å². The smallest absolute Gasteiger partial charge is 0.355 e. The van der Waals surface area contributed by atoms with Gasteiger partial charge in [-0.3, -0.25) is 0 Å². The van der Waals surface area contributed by atoms with Crippen LogP contribution in [0.5, 0.6) is 0 Å². The van der Waals surface area contributed by atoms with Crippen LogP contribution in [0, 0.1) is 6.92 Å². The molecule has 2 N–H and O–H groups in total. The summed E-state index contributed by atoms with van der Waals surface area (Å²) in [4.78, 5) is 16.0. The van der Waals surface area contributed by atoms with Crippen LogP contribution in [-0.4, -0.2) is 26.5 Å². The van der Waals surface area contributed by atoms with Crippen molar-refractivity contribution >= 4 is 17.0 Å². The topological polar surface area (TPSA) is 71.2 Å². The molecule has 0 bridgehead atoms. The number of ether oxygens (including phenoxy) is 1. The highest BCUT2D eigenvalue weighted by Crippen LogP contribution is 2.30. The molecule has 31 heavy (non-hydrogen) atoms. The molecule has 1 heterocycles. The maximum Gasteiger partial charge on any atom is 0.355 e. The zero-order valence-electron chi connectivity index (χ0n) is 20.1. The Kier molecular flexibility index (Phi) is 12.1. The Bertz CT molecular complexity index is 747. The Balaban J connectivity index is 3.26. The van der Waals surface area contributed by atoms with Gasteiger partial charge in [-0.25, -0.2) is 13.7 Å². The molecule has 0 aliphatic carbocycles. The number of H-pyrrole nitrogens is 1. The van der Waals surface area contributed by atoms with Crippen LogP contribution >= 0.6 is 0 Å². The van der Waals surface area contributed by atoms with E-state index < -0.39 is 11.0 Å². The fraction of sp³-hybridized carbons (Fsp3) is 0.640. The monoisotopic (exact) mass is 450 g/mol. The van der Waals surface area contributed by atoms with Crippen LogP contribution in [0.1, 0.15) is 106 Å². The fourth-order valence-corrected chi connectivity index (χ4v) is 4.34. The maximum absolute atomic E-state index is 12.9. The molecule has 176 valence electrons. The first-order valence-electron chi connectivity index (χ1n) is 11.5. The van der Waals surface area contributed by atoms with E-state index in [4.69, 9.17) is 4.74 Å². The maximum atomic E-state index is 12.9. The van der Waals surface area contributed by atoms with E-state index in [1.807, 2.05) is 39.8 Å². The Morgan fingerprint density at radius 1 is 1.16 bits per heavy atom. The summed E-state index contributed by atoms with van der Waals surface area (Å²) < 4.78 is 21.2. The predicted octanol–water partition coefficient (Wildman–Crippen LogP) is 6.24. The van der Waals surface area contributed by atoms with Gasteiger partial charge in [-0.15, -0.1) is 13.2 Å². The summed E-state index contributed by atoms with van der Waals surface area (Å²) in [5.74, 6) is -0.321. The molecule has 0 radical (unpaired) electrons. The number of esters is 1. The first-order valence-corrected chi connectivity index (χ1v) is 12.6. The van der Waals surface area contributed by atoms with Gasteiger partial charge in [0.25, 0.3) is 0 Å². The van der Waals surface area contributed by atoms with Crippen molar-refractivity contribution in [2.75, 3.05) is 6.61 Å². The van der Waals surface area contributed by atoms with Gasteiger partial charge in [0, 0.05) is 5.69 Å². The van der Waals surface area contributed by atoms with E-state index >= 15 is 0 Å². The predicted molar refractivity (Wildman–Crippen MR) is 132 cm³/mol. The summed E-state index contributed by atoms with van der Waals surface area (Å²) in [5, 5.41) is 0. The highest BCUT2D eigenvalue weighted by molar-refractivity contribution is 7.84. The number of carbonyl (C=O) groups excluding carboxylic acids is 1. The molecule has 5 nitrogen and oxygen atoms in total. The molecule has 0 amide bonds. The van der Waals surface area contributed by atoms with E-state index in [0.29, 0.717) is 12.3 Å². The fourth-order valence-electron chi connectivity index (χ4n) is 3.49. The molecule has 0 aliphatic heterocycles. The molecule has 1 aromatic heterocycles. The normalized spacial score (nSPS) is 13.6. The number of nitrogens with one attached hydrogen (secondary N) is 2. The second-order valence-corrected chi connectivity index (χ2v) is 10.9. The molecule has 0 fully saturated rings. The van der Waals surface area contributed by atoms with E-state index in [2.05, 4.69) is 29.8 Å². The minimum atomic E-state index is -1.22. The van der Waals surface area contributed by atoms with Crippen molar-refractivity contribution < 1.29 is 13.7 Å². The second kappa shape index (κ2) is 13.7. The van der Waals surface area contributed by atoms with Crippen LogP contribution in [0.4, 0.5) is 0 Å². The van der Waals surface area contributed by atoms with Gasteiger partial charge in [0.15, 0.2) is 0 Å². The van der Waals surface area contributed by atoms with E-state index in [1.165, 1.54) is 0 Å². The van der Waals surface area contributed by atoms with Crippen molar-refractivity contribution in [3.63, 3.8) is 0 Å². The molecule has 0 spiro atoms. The summed E-state index contributed by atoms with van der Waals surface area (Å²) in [6.07, 6.45) is 11.4. The van der Waals surface area contributed by atoms with Gasteiger partial charge in [-0.2, -0.15) is 0 Å². The van der Waals surface area contributed by atoms with E-state index in [1.54, 1.807) is 0 Å². The highest BCUT2D eigenvalue weighted by Gasteiger charge is 2.28. The summed E-state index contributed by atoms with van der Waals surface area (Å²) in [7, 11) is -1.22. The summed E-state index contributed by atoms with van der Waals surface area (Å²) >= 11 is 0. The van der Waals surface area contributed by atoms with E-state index in [0.717, 1.165) is 68.2 Å². The van der Waals surface area contributed by atoms with Gasteiger partial charge in [0.2, 0.25) is 0 Å². The SMILES string of the molecule is C=CCCCCc1c(C(=O)OCC)[nH]c(C(CCCCC=C)NS(=O)C(C)(C)C)c1C. The zero-order valence-corrected chi connectivity index (χ0v) is 21.0. The van der Waals surface area contributed by atoms with Crippen LogP contribution in [-0.2, 0) is 22.1 Å². The standard InChI is InChI=1S/C25H42N2O3S/c1-8-11-13-15-17-20-19(4)22(26-23(20)24(28)30-10-3)21(18-16-14-12-9-2)27-31(29)25(5,6)7/h8-9,21,26-27H,1-2,10-18H2,3-7H3. The number of unbranched alkanes of at least 4 members (excludes halogenated alkanes) is 4. The number of aromatic nitrogens is 1. The summed E-state index contributed by atoms with van der Waals surface area (Å²) in [6, 6.07) is -0.125. The molecule has 0 saturated heterocycles. The Hall–Kier alpha value is -1.66. The molecular weight excluding hydrogens is 408 g/mol. The van der Waals surface area contributed by atoms with Gasteiger partial charge >= 0.3 is 5.97 Å². The third-order valence-electron chi connectivity index (χ3n) is 5.29. The average molecular weight is 451 g/mol. The van der Waals surface area contributed by atoms with Gasteiger partial charge in [-0.05, 0) is 90.7 Å². The van der Waals surface area contributed by atoms with E-state index in [9.17, 15) is 9.00 Å². The molecule has 1 aromatic rings. The molecule has 0 saturated carbocycles. The first-order chi connectivity index (χ1) is 14.7. The van der Waals surface area contributed by atoms with Gasteiger partial charge in [-0.1, -0.05) is 18.6 Å². The van der Waals surface area contributed by atoms with Crippen molar-refractivity contribution in [1.82, 2.24) is 9.71 Å². The number of aromatic amines is 1.